The van der Waals surface area contributed by atoms with Crippen LogP contribution in [0.5, 0.6) is 0 Å². The van der Waals surface area contributed by atoms with Gasteiger partial charge < -0.3 is 14.2 Å². The van der Waals surface area contributed by atoms with Crippen LogP contribution in [0, 0.1) is 0 Å². The molecule has 0 unspecified atom stereocenters. The van der Waals surface area contributed by atoms with Crippen molar-refractivity contribution in [2.45, 2.75) is 6.54 Å². The highest BCUT2D eigenvalue weighted by Crippen LogP contribution is 2.30. The minimum atomic E-state index is 0.721. The van der Waals surface area contributed by atoms with Crippen LogP contribution >= 0.6 is 15.9 Å². The molecule has 0 aliphatic rings. The van der Waals surface area contributed by atoms with Crippen molar-refractivity contribution in [2.24, 2.45) is 0 Å². The smallest absolute Gasteiger partial charge is 0.183 e. The van der Waals surface area contributed by atoms with Crippen LogP contribution in [-0.2, 0) is 6.54 Å². The fourth-order valence-electron chi connectivity index (χ4n) is 1.24. The van der Waals surface area contributed by atoms with Crippen LogP contribution in [0.4, 0.5) is 0 Å². The van der Waals surface area contributed by atoms with Gasteiger partial charge in [0.15, 0.2) is 11.5 Å². The highest BCUT2D eigenvalue weighted by molar-refractivity contribution is 9.10. The molecule has 0 aromatic carbocycles. The molecule has 2 heterocycles. The summed E-state index contributed by atoms with van der Waals surface area (Å²) in [5.74, 6) is 2.37. The summed E-state index contributed by atoms with van der Waals surface area (Å²) < 4.78 is 11.7. The molecule has 2 aromatic rings. The lowest BCUT2D eigenvalue weighted by Gasteiger charge is -1.94. The molecule has 0 fully saturated rings. The summed E-state index contributed by atoms with van der Waals surface area (Å²) in [6.45, 7) is 0.721. The Morgan fingerprint density at radius 1 is 1.36 bits per heavy atom. The Bertz CT molecular complexity index is 419. The molecule has 0 aliphatic heterocycles. The van der Waals surface area contributed by atoms with Crippen molar-refractivity contribution in [3.05, 3.63) is 34.7 Å². The van der Waals surface area contributed by atoms with Crippen molar-refractivity contribution in [2.75, 3.05) is 7.05 Å². The molecular weight excluding hydrogens is 246 g/mol. The molecule has 3 nitrogen and oxygen atoms in total. The van der Waals surface area contributed by atoms with E-state index in [2.05, 4.69) is 21.2 Å². The molecule has 74 valence electrons. The maximum absolute atomic E-state index is 5.56. The van der Waals surface area contributed by atoms with E-state index in [1.165, 1.54) is 0 Å². The van der Waals surface area contributed by atoms with Gasteiger partial charge in [-0.2, -0.15) is 0 Å². The number of furan rings is 2. The van der Waals surface area contributed by atoms with E-state index >= 15 is 0 Å². The van der Waals surface area contributed by atoms with Gasteiger partial charge in [-0.25, -0.2) is 0 Å². The number of nitrogens with one attached hydrogen (secondary N) is 1. The normalized spacial score (nSPS) is 10.7. The van der Waals surface area contributed by atoms with E-state index in [1.807, 2.05) is 25.2 Å². The molecule has 0 saturated carbocycles. The maximum atomic E-state index is 5.56. The van der Waals surface area contributed by atoms with Gasteiger partial charge in [0.2, 0.25) is 0 Å². The summed E-state index contributed by atoms with van der Waals surface area (Å²) in [6.07, 6.45) is 1.62. The van der Waals surface area contributed by atoms with Gasteiger partial charge in [0.1, 0.15) is 5.76 Å². The Hall–Kier alpha value is -1.000. The SMILES string of the molecule is CNCc1ccc(-c2occc2Br)o1. The lowest BCUT2D eigenvalue weighted by atomic mass is 10.3. The monoisotopic (exact) mass is 255 g/mol. The zero-order valence-electron chi connectivity index (χ0n) is 7.71. The van der Waals surface area contributed by atoms with Crippen LogP contribution in [0.1, 0.15) is 5.76 Å². The van der Waals surface area contributed by atoms with Crippen molar-refractivity contribution in [3.8, 4) is 11.5 Å². The average molecular weight is 256 g/mol. The van der Waals surface area contributed by atoms with Gasteiger partial charge >= 0.3 is 0 Å². The van der Waals surface area contributed by atoms with E-state index in [1.54, 1.807) is 6.26 Å². The van der Waals surface area contributed by atoms with Gasteiger partial charge in [-0.15, -0.1) is 0 Å². The lowest BCUT2D eigenvalue weighted by Crippen LogP contribution is -2.03. The number of hydrogen-bond acceptors (Lipinski definition) is 3. The molecule has 14 heavy (non-hydrogen) atoms. The van der Waals surface area contributed by atoms with Gasteiger partial charge in [0.25, 0.3) is 0 Å². The van der Waals surface area contributed by atoms with Gasteiger partial charge in [0.05, 0.1) is 17.3 Å². The van der Waals surface area contributed by atoms with Crippen molar-refractivity contribution in [1.82, 2.24) is 5.32 Å². The minimum Gasteiger partial charge on any atom is -0.460 e. The summed E-state index contributed by atoms with van der Waals surface area (Å²) in [6, 6.07) is 5.67. The van der Waals surface area contributed by atoms with Crippen molar-refractivity contribution < 1.29 is 8.83 Å². The lowest BCUT2D eigenvalue weighted by molar-refractivity contribution is 0.481. The third-order valence-corrected chi connectivity index (χ3v) is 2.48. The van der Waals surface area contributed by atoms with E-state index in [0.29, 0.717) is 0 Å². The Morgan fingerprint density at radius 2 is 2.21 bits per heavy atom. The Kier molecular flexibility index (Phi) is 2.74. The molecule has 0 bridgehead atoms. The Labute approximate surface area is 90.2 Å². The molecule has 0 radical (unpaired) electrons. The first-order chi connectivity index (χ1) is 6.81. The standard InChI is InChI=1S/C10H10BrNO2/c1-12-6-7-2-3-9(14-7)10-8(11)4-5-13-10/h2-5,12H,6H2,1H3. The minimum absolute atomic E-state index is 0.721. The summed E-state index contributed by atoms with van der Waals surface area (Å²) in [7, 11) is 1.88. The maximum Gasteiger partial charge on any atom is 0.183 e. The Morgan fingerprint density at radius 3 is 2.86 bits per heavy atom. The number of halogens is 1. The van der Waals surface area contributed by atoms with E-state index < -0.39 is 0 Å². The third-order valence-electron chi connectivity index (χ3n) is 1.85. The second-order valence-corrected chi connectivity index (χ2v) is 3.75. The molecule has 2 aromatic heterocycles. The number of rotatable bonds is 3. The van der Waals surface area contributed by atoms with Crippen LogP contribution in [0.2, 0.25) is 0 Å². The van der Waals surface area contributed by atoms with Crippen LogP contribution in [0.25, 0.3) is 11.5 Å². The zero-order chi connectivity index (χ0) is 9.97. The molecule has 0 spiro atoms. The van der Waals surface area contributed by atoms with Gasteiger partial charge in [-0.1, -0.05) is 0 Å². The van der Waals surface area contributed by atoms with E-state index in [0.717, 1.165) is 28.3 Å². The molecular formula is C10H10BrNO2. The van der Waals surface area contributed by atoms with Crippen molar-refractivity contribution >= 4 is 15.9 Å². The number of hydrogen-bond donors (Lipinski definition) is 1. The highest BCUT2D eigenvalue weighted by Gasteiger charge is 2.10. The summed E-state index contributed by atoms with van der Waals surface area (Å²) >= 11 is 3.38. The quantitative estimate of drug-likeness (QED) is 0.917. The zero-order valence-corrected chi connectivity index (χ0v) is 9.30. The predicted molar refractivity (Wildman–Crippen MR) is 56.9 cm³/mol. The summed E-state index contributed by atoms with van der Waals surface area (Å²) in [4.78, 5) is 0. The fraction of sp³-hybridized carbons (Fsp3) is 0.200. The summed E-state index contributed by atoms with van der Waals surface area (Å²) in [5, 5.41) is 3.02. The molecule has 4 heteroatoms. The molecule has 0 saturated heterocycles. The first-order valence-electron chi connectivity index (χ1n) is 4.28. The van der Waals surface area contributed by atoms with Crippen molar-refractivity contribution in [3.63, 3.8) is 0 Å². The van der Waals surface area contributed by atoms with Crippen LogP contribution in [0.3, 0.4) is 0 Å². The summed E-state index contributed by atoms with van der Waals surface area (Å²) in [5.41, 5.74) is 0. The van der Waals surface area contributed by atoms with Crippen LogP contribution in [0.15, 0.2) is 37.8 Å². The molecule has 0 atom stereocenters. The van der Waals surface area contributed by atoms with E-state index in [-0.39, 0.29) is 0 Å². The van der Waals surface area contributed by atoms with E-state index in [9.17, 15) is 0 Å². The largest absolute Gasteiger partial charge is 0.460 e. The highest BCUT2D eigenvalue weighted by atomic mass is 79.9. The average Bonchev–Trinajstić information content (AvgIpc) is 2.74. The second kappa shape index (κ2) is 4.02. The van der Waals surface area contributed by atoms with Crippen molar-refractivity contribution in [1.29, 1.82) is 0 Å². The second-order valence-electron chi connectivity index (χ2n) is 2.89. The predicted octanol–water partition coefficient (Wildman–Crippen LogP) is 3.02. The molecule has 0 aliphatic carbocycles. The van der Waals surface area contributed by atoms with Gasteiger partial charge in [-0.3, -0.25) is 0 Å². The molecule has 2 rings (SSSR count). The Balaban J connectivity index is 2.29. The van der Waals surface area contributed by atoms with Crippen LogP contribution in [-0.4, -0.2) is 7.05 Å². The van der Waals surface area contributed by atoms with E-state index in [4.69, 9.17) is 8.83 Å². The topological polar surface area (TPSA) is 38.3 Å². The molecule has 1 N–H and O–H groups in total. The first-order valence-corrected chi connectivity index (χ1v) is 5.07. The van der Waals surface area contributed by atoms with Gasteiger partial charge in [0, 0.05) is 0 Å². The van der Waals surface area contributed by atoms with Crippen LogP contribution < -0.4 is 5.32 Å². The fourth-order valence-corrected chi connectivity index (χ4v) is 1.64. The molecule has 0 amide bonds. The first kappa shape index (κ1) is 9.55. The van der Waals surface area contributed by atoms with Gasteiger partial charge in [-0.05, 0) is 41.2 Å². The third kappa shape index (κ3) is 1.76.